The molecular formula is C26H23Cl3FN3O4S. The van der Waals surface area contributed by atoms with Gasteiger partial charge in [-0.05, 0) is 36.8 Å². The molecule has 0 atom stereocenters. The molecule has 3 aromatic carbocycles. The van der Waals surface area contributed by atoms with Crippen LogP contribution in [0.3, 0.4) is 0 Å². The number of carbonyl (C=O) groups excluding carboxylic acids is 1. The summed E-state index contributed by atoms with van der Waals surface area (Å²) < 4.78 is 47.3. The number of anilines is 1. The van der Waals surface area contributed by atoms with Crippen LogP contribution in [0.4, 0.5) is 10.1 Å². The number of aryl methyl sites for hydroxylation is 1. The first-order chi connectivity index (χ1) is 17.9. The van der Waals surface area contributed by atoms with Crippen LogP contribution < -0.4 is 9.64 Å². The van der Waals surface area contributed by atoms with E-state index < -0.39 is 25.5 Å². The molecule has 1 aliphatic rings. The first-order valence-corrected chi connectivity index (χ1v) is 14.2. The Morgan fingerprint density at radius 3 is 2.26 bits per heavy atom. The van der Waals surface area contributed by atoms with Gasteiger partial charge in [0.2, 0.25) is 0 Å². The van der Waals surface area contributed by atoms with Crippen molar-refractivity contribution in [2.24, 2.45) is 0 Å². The molecule has 0 spiro atoms. The van der Waals surface area contributed by atoms with E-state index in [1.165, 1.54) is 30.3 Å². The number of ether oxygens (including phenoxy) is 1. The first-order valence-electron chi connectivity index (χ1n) is 11.7. The third-order valence-corrected chi connectivity index (χ3v) is 8.96. The fraction of sp³-hybridized carbons (Fsp3) is 0.269. The highest BCUT2D eigenvalue weighted by Gasteiger charge is 2.37. The number of halogens is 4. The molecule has 1 saturated heterocycles. The average Bonchev–Trinajstić information content (AvgIpc) is 3.22. The van der Waals surface area contributed by atoms with Crippen molar-refractivity contribution in [2.75, 3.05) is 38.2 Å². The summed E-state index contributed by atoms with van der Waals surface area (Å²) in [4.78, 5) is 15.9. The van der Waals surface area contributed by atoms with Crippen molar-refractivity contribution in [1.29, 1.82) is 0 Å². The minimum absolute atomic E-state index is 0.0462. The molecule has 0 unspecified atom stereocenters. The van der Waals surface area contributed by atoms with Crippen molar-refractivity contribution in [3.63, 3.8) is 0 Å². The van der Waals surface area contributed by atoms with E-state index in [9.17, 15) is 17.6 Å². The van der Waals surface area contributed by atoms with Gasteiger partial charge >= 0.3 is 0 Å². The molecule has 1 aromatic heterocycles. The fourth-order valence-corrected chi connectivity index (χ4v) is 6.93. The Bertz CT molecular complexity index is 1680. The fourth-order valence-electron chi connectivity index (χ4n) is 4.93. The minimum Gasteiger partial charge on any atom is -0.494 e. The lowest BCUT2D eigenvalue weighted by Gasteiger charge is -2.38. The van der Waals surface area contributed by atoms with E-state index in [0.717, 1.165) is 3.97 Å². The van der Waals surface area contributed by atoms with Crippen LogP contribution in [-0.4, -0.2) is 60.3 Å². The normalized spacial score (nSPS) is 14.9. The number of hydrogen-bond donors (Lipinski definition) is 0. The predicted molar refractivity (Wildman–Crippen MR) is 149 cm³/mol. The van der Waals surface area contributed by atoms with Gasteiger partial charge in [0.1, 0.15) is 11.6 Å². The summed E-state index contributed by atoms with van der Waals surface area (Å²) in [7, 11) is -2.65. The maximum Gasteiger partial charge on any atom is 0.274 e. The second-order valence-corrected chi connectivity index (χ2v) is 13.1. The van der Waals surface area contributed by atoms with Crippen molar-refractivity contribution >= 4 is 78.1 Å². The quantitative estimate of drug-likeness (QED) is 0.290. The Labute approximate surface area is 234 Å². The zero-order valence-corrected chi connectivity index (χ0v) is 23.5. The van der Waals surface area contributed by atoms with Gasteiger partial charge < -0.3 is 14.5 Å². The first kappa shape index (κ1) is 26.9. The van der Waals surface area contributed by atoms with Crippen LogP contribution in [0, 0.1) is 12.7 Å². The number of piperazine rings is 1. The lowest BCUT2D eigenvalue weighted by atomic mass is 10.1. The van der Waals surface area contributed by atoms with Gasteiger partial charge in [-0.25, -0.2) is 16.8 Å². The van der Waals surface area contributed by atoms with Gasteiger partial charge in [0.05, 0.1) is 23.2 Å². The Morgan fingerprint density at radius 1 is 0.974 bits per heavy atom. The number of fused-ring (bicyclic) bond motifs is 2. The van der Waals surface area contributed by atoms with E-state index in [-0.39, 0.29) is 23.5 Å². The number of hydrogen-bond acceptors (Lipinski definition) is 5. The number of carbonyl (C=O) groups is 1. The van der Waals surface area contributed by atoms with Gasteiger partial charge in [0, 0.05) is 48.5 Å². The van der Waals surface area contributed by atoms with Gasteiger partial charge in [-0.15, -0.1) is 0 Å². The van der Waals surface area contributed by atoms with Gasteiger partial charge in [0.25, 0.3) is 19.7 Å². The zero-order valence-electron chi connectivity index (χ0n) is 20.4. The molecule has 5 rings (SSSR count). The number of methoxy groups -OCH3 is 1. The largest absolute Gasteiger partial charge is 0.494 e. The van der Waals surface area contributed by atoms with Crippen molar-refractivity contribution < 1.29 is 22.3 Å². The second-order valence-electron chi connectivity index (χ2n) is 9.02. The van der Waals surface area contributed by atoms with Crippen LogP contribution in [-0.2, 0) is 14.8 Å². The van der Waals surface area contributed by atoms with E-state index in [2.05, 4.69) is 0 Å². The summed E-state index contributed by atoms with van der Waals surface area (Å²) in [6.45, 7) is 3.04. The highest BCUT2D eigenvalue weighted by Crippen LogP contribution is 2.42. The summed E-state index contributed by atoms with van der Waals surface area (Å²) in [5, 5.41) is 1.71. The predicted octanol–water partition coefficient (Wildman–Crippen LogP) is 5.51. The van der Waals surface area contributed by atoms with Crippen molar-refractivity contribution in [3.8, 4) is 5.75 Å². The number of nitrogens with zero attached hydrogens (tertiary/aromatic N) is 3. The molecule has 12 heteroatoms. The van der Waals surface area contributed by atoms with Crippen molar-refractivity contribution in [3.05, 3.63) is 66.1 Å². The lowest BCUT2D eigenvalue weighted by Crippen LogP contribution is -2.51. The van der Waals surface area contributed by atoms with Crippen LogP contribution >= 0.6 is 34.8 Å². The topological polar surface area (TPSA) is 71.8 Å². The van der Waals surface area contributed by atoms with Crippen LogP contribution in [0.2, 0.25) is 0 Å². The average molecular weight is 599 g/mol. The molecule has 1 aliphatic heterocycles. The maximum absolute atomic E-state index is 14.2. The number of alkyl halides is 3. The Hall–Kier alpha value is -2.72. The third kappa shape index (κ3) is 4.55. The number of amides is 1. The number of rotatable bonds is 4. The standard InChI is InChI=1S/C26H23Cl3FN3O4S/c1-16-15-33(21-13-17(30)7-8-18(16)21)38(35,36)23-14-22(24(37-2)20-6-4-3-5-19(20)23)31-9-11-32(12-10-31)25(34)26(27,28)29/h3-8,13-15H,9-12H2,1-2H3. The molecule has 4 aromatic rings. The highest BCUT2D eigenvalue weighted by molar-refractivity contribution is 7.90. The molecule has 2 heterocycles. The molecule has 0 aliphatic carbocycles. The Balaban J connectivity index is 1.65. The summed E-state index contributed by atoms with van der Waals surface area (Å²) in [5.74, 6) is -0.645. The Morgan fingerprint density at radius 2 is 1.63 bits per heavy atom. The molecular weight excluding hydrogens is 576 g/mol. The summed E-state index contributed by atoms with van der Waals surface area (Å²) in [6.07, 6.45) is 1.50. The molecule has 0 bridgehead atoms. The maximum atomic E-state index is 14.2. The van der Waals surface area contributed by atoms with Crippen LogP contribution in [0.25, 0.3) is 21.7 Å². The zero-order chi connectivity index (χ0) is 27.4. The molecule has 7 nitrogen and oxygen atoms in total. The van der Waals surface area contributed by atoms with Crippen LogP contribution in [0.1, 0.15) is 5.56 Å². The van der Waals surface area contributed by atoms with Crippen LogP contribution in [0.5, 0.6) is 5.75 Å². The van der Waals surface area contributed by atoms with Gasteiger partial charge in [-0.2, -0.15) is 0 Å². The molecule has 0 N–H and O–H groups in total. The van der Waals surface area contributed by atoms with Gasteiger partial charge in [-0.3, -0.25) is 4.79 Å². The molecule has 0 radical (unpaired) electrons. The van der Waals surface area contributed by atoms with Crippen molar-refractivity contribution in [2.45, 2.75) is 15.6 Å². The molecule has 200 valence electrons. The van der Waals surface area contributed by atoms with Gasteiger partial charge in [-0.1, -0.05) is 59.1 Å². The smallest absolute Gasteiger partial charge is 0.274 e. The lowest BCUT2D eigenvalue weighted by molar-refractivity contribution is -0.130. The van der Waals surface area contributed by atoms with E-state index in [1.807, 2.05) is 4.90 Å². The second kappa shape index (κ2) is 9.79. The number of aromatic nitrogens is 1. The van der Waals surface area contributed by atoms with E-state index >= 15 is 0 Å². The van der Waals surface area contributed by atoms with Crippen LogP contribution in [0.15, 0.2) is 59.6 Å². The summed E-state index contributed by atoms with van der Waals surface area (Å²) in [5.41, 5.74) is 1.50. The minimum atomic E-state index is -4.17. The van der Waals surface area contributed by atoms with E-state index in [4.69, 9.17) is 39.5 Å². The summed E-state index contributed by atoms with van der Waals surface area (Å²) in [6, 6.07) is 12.7. The molecule has 38 heavy (non-hydrogen) atoms. The molecule has 1 amide bonds. The molecule has 1 fully saturated rings. The SMILES string of the molecule is COc1c(N2CCN(C(=O)C(Cl)(Cl)Cl)CC2)cc(S(=O)(=O)n2cc(C)c3ccc(F)cc32)c2ccccc12. The molecule has 0 saturated carbocycles. The monoisotopic (exact) mass is 597 g/mol. The van der Waals surface area contributed by atoms with Gasteiger partial charge in [0.15, 0.2) is 0 Å². The number of benzene rings is 3. The third-order valence-electron chi connectivity index (χ3n) is 6.76. The summed E-state index contributed by atoms with van der Waals surface area (Å²) >= 11 is 17.3. The van der Waals surface area contributed by atoms with Crippen molar-refractivity contribution in [1.82, 2.24) is 8.87 Å². The highest BCUT2D eigenvalue weighted by atomic mass is 35.6. The van der Waals surface area contributed by atoms with E-state index in [0.29, 0.717) is 46.2 Å². The van der Waals surface area contributed by atoms with E-state index in [1.54, 1.807) is 43.3 Å². The Kier molecular flexibility index (Phi) is 6.92.